The van der Waals surface area contributed by atoms with E-state index in [2.05, 4.69) is 30.0 Å². The van der Waals surface area contributed by atoms with Crippen molar-refractivity contribution in [1.82, 2.24) is 34.7 Å². The third-order valence-electron chi connectivity index (χ3n) is 6.20. The second-order valence-electron chi connectivity index (χ2n) is 8.49. The summed E-state index contributed by atoms with van der Waals surface area (Å²) in [5.41, 5.74) is 4.42. The zero-order chi connectivity index (χ0) is 23.7. The highest BCUT2D eigenvalue weighted by Crippen LogP contribution is 2.46. The molecule has 8 nitrogen and oxygen atoms in total. The van der Waals surface area contributed by atoms with Gasteiger partial charge < -0.3 is 9.97 Å². The van der Waals surface area contributed by atoms with E-state index in [9.17, 15) is 13.6 Å². The molecule has 172 valence electrons. The lowest BCUT2D eigenvalue weighted by molar-refractivity contribution is 0.0541. The van der Waals surface area contributed by atoms with Crippen LogP contribution >= 0.6 is 11.6 Å². The SMILES string of the molecule is Cc1nc(Cl)cc2[nH]c(-c3cc4c(-c5c(C6CC6)nn(C(F)F)c5C)nccc4[nH]c3=O)nc12. The van der Waals surface area contributed by atoms with Crippen molar-refractivity contribution in [1.29, 1.82) is 0 Å². The van der Waals surface area contributed by atoms with Gasteiger partial charge in [-0.05, 0) is 38.8 Å². The van der Waals surface area contributed by atoms with Crippen molar-refractivity contribution in [3.63, 3.8) is 0 Å². The van der Waals surface area contributed by atoms with Gasteiger partial charge in [0.1, 0.15) is 16.5 Å². The Hall–Kier alpha value is -3.66. The van der Waals surface area contributed by atoms with Crippen LogP contribution in [-0.2, 0) is 0 Å². The van der Waals surface area contributed by atoms with Crippen LogP contribution in [0.5, 0.6) is 0 Å². The fraction of sp³-hybridized carbons (Fsp3) is 0.261. The lowest BCUT2D eigenvalue weighted by atomic mass is 10.0. The van der Waals surface area contributed by atoms with Crippen LogP contribution in [0.15, 0.2) is 29.2 Å². The van der Waals surface area contributed by atoms with Crippen LogP contribution in [-0.4, -0.2) is 34.7 Å². The van der Waals surface area contributed by atoms with Gasteiger partial charge in [-0.2, -0.15) is 13.9 Å². The smallest absolute Gasteiger partial charge is 0.333 e. The number of imidazole rings is 1. The Kier molecular flexibility index (Phi) is 4.57. The van der Waals surface area contributed by atoms with Gasteiger partial charge in [0.05, 0.1) is 39.4 Å². The number of alkyl halides is 2. The van der Waals surface area contributed by atoms with Crippen LogP contribution in [0.2, 0.25) is 5.15 Å². The van der Waals surface area contributed by atoms with Crippen LogP contribution < -0.4 is 5.56 Å². The number of nitrogens with zero attached hydrogens (tertiary/aromatic N) is 5. The molecule has 5 heterocycles. The summed E-state index contributed by atoms with van der Waals surface area (Å²) < 4.78 is 28.0. The molecule has 0 atom stereocenters. The van der Waals surface area contributed by atoms with Crippen LogP contribution in [0.3, 0.4) is 0 Å². The number of nitrogens with one attached hydrogen (secondary N) is 2. The molecule has 1 aliphatic rings. The molecule has 0 saturated heterocycles. The molecule has 0 spiro atoms. The Morgan fingerprint density at radius 1 is 1.15 bits per heavy atom. The quantitative estimate of drug-likeness (QED) is 0.340. The first-order valence-corrected chi connectivity index (χ1v) is 11.1. The summed E-state index contributed by atoms with van der Waals surface area (Å²) in [7, 11) is 0. The normalized spacial score (nSPS) is 14.1. The number of rotatable bonds is 4. The lowest BCUT2D eigenvalue weighted by Crippen LogP contribution is -2.10. The Bertz CT molecular complexity index is 1670. The van der Waals surface area contributed by atoms with E-state index < -0.39 is 6.55 Å². The summed E-state index contributed by atoms with van der Waals surface area (Å²) in [4.78, 5) is 32.3. The Labute approximate surface area is 196 Å². The van der Waals surface area contributed by atoms with Crippen LogP contribution in [0, 0.1) is 13.8 Å². The van der Waals surface area contributed by atoms with Crippen molar-refractivity contribution in [2.75, 3.05) is 0 Å². The van der Waals surface area contributed by atoms with Crippen LogP contribution in [0.1, 0.15) is 42.4 Å². The number of hydrogen-bond acceptors (Lipinski definition) is 5. The zero-order valence-electron chi connectivity index (χ0n) is 18.2. The molecule has 1 aliphatic carbocycles. The molecule has 34 heavy (non-hydrogen) atoms. The summed E-state index contributed by atoms with van der Waals surface area (Å²) in [6.07, 6.45) is 3.35. The van der Waals surface area contributed by atoms with Crippen molar-refractivity contribution in [3.05, 3.63) is 57.0 Å². The largest absolute Gasteiger partial charge is 0.338 e. The third-order valence-corrected chi connectivity index (χ3v) is 6.40. The molecular formula is C23H18ClF2N7O. The van der Waals surface area contributed by atoms with E-state index in [1.807, 2.05) is 0 Å². The lowest BCUT2D eigenvalue weighted by Gasteiger charge is -2.09. The van der Waals surface area contributed by atoms with Gasteiger partial charge in [-0.1, -0.05) is 11.6 Å². The summed E-state index contributed by atoms with van der Waals surface area (Å²) in [6.45, 7) is 0.649. The second-order valence-corrected chi connectivity index (χ2v) is 8.87. The standard InChI is InChI=1S/C23H18ClF2N7O/c1-9-18-15(8-16(24)28-9)29-21(31-18)13-7-12-14(30-22(13)34)5-6-27-20(12)17-10(2)33(23(25)26)32-19(17)11-3-4-11/h5-8,11,23H,3-4H2,1-2H3,(H,29,31)(H,30,34). The zero-order valence-corrected chi connectivity index (χ0v) is 18.9. The monoisotopic (exact) mass is 481 g/mol. The van der Waals surface area contributed by atoms with Gasteiger partial charge in [0.15, 0.2) is 0 Å². The summed E-state index contributed by atoms with van der Waals surface area (Å²) in [6, 6.07) is 5.02. The molecule has 0 aliphatic heterocycles. The van der Waals surface area contributed by atoms with Gasteiger partial charge in [0.2, 0.25) is 0 Å². The average molecular weight is 482 g/mol. The van der Waals surface area contributed by atoms with Crippen LogP contribution in [0.25, 0.3) is 44.6 Å². The van der Waals surface area contributed by atoms with Crippen molar-refractivity contribution in [2.45, 2.75) is 39.2 Å². The minimum atomic E-state index is -2.75. The van der Waals surface area contributed by atoms with Crippen molar-refractivity contribution >= 4 is 33.5 Å². The molecule has 5 aromatic rings. The highest BCUT2D eigenvalue weighted by molar-refractivity contribution is 6.30. The Balaban J connectivity index is 1.61. The van der Waals surface area contributed by atoms with Gasteiger partial charge >= 0.3 is 6.55 Å². The first-order valence-electron chi connectivity index (χ1n) is 10.7. The van der Waals surface area contributed by atoms with Gasteiger partial charge in [-0.3, -0.25) is 9.78 Å². The molecular weight excluding hydrogens is 464 g/mol. The predicted molar refractivity (Wildman–Crippen MR) is 124 cm³/mol. The molecule has 1 fully saturated rings. The number of H-pyrrole nitrogens is 2. The Morgan fingerprint density at radius 2 is 1.94 bits per heavy atom. The topological polar surface area (TPSA) is 105 Å². The number of halogens is 3. The number of aryl methyl sites for hydroxylation is 1. The first kappa shape index (κ1) is 20.9. The van der Waals surface area contributed by atoms with Crippen molar-refractivity contribution < 1.29 is 8.78 Å². The maximum atomic E-state index is 13.6. The fourth-order valence-electron chi connectivity index (χ4n) is 4.43. The molecule has 2 N–H and O–H groups in total. The van der Waals surface area contributed by atoms with Crippen LogP contribution in [0.4, 0.5) is 8.78 Å². The minimum absolute atomic E-state index is 0.128. The van der Waals surface area contributed by atoms with E-state index in [1.165, 1.54) is 0 Å². The molecule has 5 aromatic heterocycles. The molecule has 0 radical (unpaired) electrons. The fourth-order valence-corrected chi connectivity index (χ4v) is 4.66. The first-order chi connectivity index (χ1) is 16.3. The average Bonchev–Trinajstić information content (AvgIpc) is 3.44. The molecule has 0 unspecified atom stereocenters. The van der Waals surface area contributed by atoms with E-state index in [0.717, 1.165) is 17.5 Å². The molecule has 0 aromatic carbocycles. The molecule has 0 amide bonds. The van der Waals surface area contributed by atoms with E-state index >= 15 is 0 Å². The van der Waals surface area contributed by atoms with E-state index in [0.29, 0.717) is 66.8 Å². The van der Waals surface area contributed by atoms with Gasteiger partial charge in [0.25, 0.3) is 5.56 Å². The van der Waals surface area contributed by atoms with Crippen molar-refractivity contribution in [2.24, 2.45) is 0 Å². The van der Waals surface area contributed by atoms with E-state index in [-0.39, 0.29) is 11.5 Å². The molecule has 1 saturated carbocycles. The highest BCUT2D eigenvalue weighted by Gasteiger charge is 2.33. The maximum Gasteiger partial charge on any atom is 0.333 e. The number of aromatic nitrogens is 7. The number of hydrogen-bond donors (Lipinski definition) is 2. The third kappa shape index (κ3) is 3.20. The van der Waals surface area contributed by atoms with Gasteiger partial charge in [0, 0.05) is 29.1 Å². The summed E-state index contributed by atoms with van der Waals surface area (Å²) >= 11 is 6.07. The number of pyridine rings is 3. The number of fused-ring (bicyclic) bond motifs is 2. The van der Waals surface area contributed by atoms with E-state index in [4.69, 9.17) is 11.6 Å². The summed E-state index contributed by atoms with van der Waals surface area (Å²) in [5, 5.41) is 5.15. The molecule has 11 heteroatoms. The van der Waals surface area contributed by atoms with Crippen molar-refractivity contribution in [3.8, 4) is 22.6 Å². The predicted octanol–water partition coefficient (Wildman–Crippen LogP) is 5.27. The minimum Gasteiger partial charge on any atom is -0.338 e. The van der Waals surface area contributed by atoms with Gasteiger partial charge in [-0.15, -0.1) is 0 Å². The molecule has 6 rings (SSSR count). The Morgan fingerprint density at radius 3 is 2.68 bits per heavy atom. The summed E-state index contributed by atoms with van der Waals surface area (Å²) in [5.74, 6) is 0.478. The molecule has 0 bridgehead atoms. The second kappa shape index (κ2) is 7.42. The van der Waals surface area contributed by atoms with Gasteiger partial charge in [-0.25, -0.2) is 14.6 Å². The van der Waals surface area contributed by atoms with E-state index in [1.54, 1.807) is 38.2 Å². The number of aromatic amines is 2. The maximum absolute atomic E-state index is 13.6. The highest BCUT2D eigenvalue weighted by atomic mass is 35.5.